The molecular formula is C125H218O3. The quantitative estimate of drug-likeness (QED) is 0.0251. The molecule has 0 aliphatic carbocycles. The monoisotopic (exact) mass is 1770 g/mol. The van der Waals surface area contributed by atoms with Crippen molar-refractivity contribution in [1.29, 1.82) is 0 Å². The zero-order valence-corrected chi connectivity index (χ0v) is 88.0. The third kappa shape index (κ3) is 55.2. The van der Waals surface area contributed by atoms with Gasteiger partial charge in [-0.25, -0.2) is 4.79 Å². The summed E-state index contributed by atoms with van der Waals surface area (Å²) in [7, 11) is 0. The van der Waals surface area contributed by atoms with Crippen molar-refractivity contribution in [2.24, 2.45) is 0 Å². The number of hydrogen-bond acceptors (Lipinski definition) is 3. The van der Waals surface area contributed by atoms with E-state index in [2.05, 4.69) is 118 Å². The van der Waals surface area contributed by atoms with E-state index in [1.54, 1.807) is 55.6 Å². The zero-order chi connectivity index (χ0) is 91.5. The molecule has 4 aromatic rings. The van der Waals surface area contributed by atoms with Crippen LogP contribution in [0.2, 0.25) is 0 Å². The predicted octanol–water partition coefficient (Wildman–Crippen LogP) is 43.4. The van der Waals surface area contributed by atoms with Crippen molar-refractivity contribution in [3.8, 4) is 33.8 Å². The standard InChI is InChI=1S/C125H218O3/c1-11-21-31-41-51-61-71-81-97-113-115(99-83-73-63-53-43-33-23-13-3)119(103-87-77-67-57-47-37-27-17-7)123(120(104-88-78-68-58-48-38-28-18-8)116(113)100-84-74-64-54-44-34-24-14-4)109-93-91-95-111(107-109)127-125(126)128-112-96-92-94-110(108-112)124-121(105-89-79-69-59-49-39-29-19-9)117(101-85-75-65-55-45-35-25-15-5)114(98-82-72-62-52-42-32-22-12-2)118(102-86-76-66-56-46-36-26-16-6)122(124)106-90-80-70-60-50-40-30-20-10/h91-96,107-108H,11-90,97-106H2,1-10H3. The van der Waals surface area contributed by atoms with Crippen LogP contribution < -0.4 is 9.47 Å². The van der Waals surface area contributed by atoms with Crippen molar-refractivity contribution >= 4 is 6.16 Å². The Morgan fingerprint density at radius 1 is 0.164 bits per heavy atom. The van der Waals surface area contributed by atoms with Crippen LogP contribution in [-0.2, 0) is 64.2 Å². The second kappa shape index (κ2) is 84.9. The maximum absolute atomic E-state index is 15.4. The van der Waals surface area contributed by atoms with Gasteiger partial charge in [0.1, 0.15) is 11.5 Å². The summed E-state index contributed by atoms with van der Waals surface area (Å²) in [4.78, 5) is 15.4. The van der Waals surface area contributed by atoms with Crippen molar-refractivity contribution in [2.75, 3.05) is 0 Å². The molecule has 3 nitrogen and oxygen atoms in total. The van der Waals surface area contributed by atoms with E-state index in [0.29, 0.717) is 11.5 Å². The largest absolute Gasteiger partial charge is 0.519 e. The Morgan fingerprint density at radius 2 is 0.289 bits per heavy atom. The first-order chi connectivity index (χ1) is 63.3. The Balaban J connectivity index is 2.08. The molecule has 0 N–H and O–H groups in total. The molecule has 0 aliphatic rings. The molecule has 0 aromatic heterocycles. The van der Waals surface area contributed by atoms with Gasteiger partial charge in [-0.05, 0) is 231 Å². The van der Waals surface area contributed by atoms with E-state index in [0.717, 1.165) is 25.7 Å². The normalized spacial score (nSPS) is 11.7. The Kier molecular flexibility index (Phi) is 77.2. The van der Waals surface area contributed by atoms with E-state index in [-0.39, 0.29) is 0 Å². The number of hydrogen-bond donors (Lipinski definition) is 0. The molecule has 0 heterocycles. The molecule has 0 radical (unpaired) electrons. The predicted molar refractivity (Wildman–Crippen MR) is 574 cm³/mol. The first kappa shape index (κ1) is 116. The smallest absolute Gasteiger partial charge is 0.395 e. The minimum Gasteiger partial charge on any atom is -0.395 e. The highest BCUT2D eigenvalue weighted by atomic mass is 16.7. The van der Waals surface area contributed by atoms with E-state index in [1.807, 2.05) is 0 Å². The lowest BCUT2D eigenvalue weighted by atomic mass is 9.76. The number of carbonyl (C=O) groups is 1. The van der Waals surface area contributed by atoms with Gasteiger partial charge < -0.3 is 9.47 Å². The van der Waals surface area contributed by atoms with Crippen LogP contribution in [0.5, 0.6) is 11.5 Å². The van der Waals surface area contributed by atoms with Crippen LogP contribution in [0.4, 0.5) is 4.79 Å². The summed E-state index contributed by atoms with van der Waals surface area (Å²) in [6, 6.07) is 18.1. The molecule has 4 rings (SSSR count). The van der Waals surface area contributed by atoms with Crippen molar-refractivity contribution in [3.05, 3.63) is 104 Å². The SMILES string of the molecule is CCCCCCCCCCc1c(CCCCCCCCCC)c(CCCCCCCCCC)c(-c2cccc(OC(=O)Oc3cccc(-c4c(CCCCCCCCCC)c(CCCCCCCCCC)c(CCCCCCCCCC)c(CCCCCCCCCC)c4CCCCCCCCCC)c3)c2)c(CCCCCCCCCC)c1CCCCCCCCCC. The fourth-order valence-electron chi connectivity index (χ4n) is 21.7. The van der Waals surface area contributed by atoms with E-state index in [9.17, 15) is 0 Å². The van der Waals surface area contributed by atoms with Gasteiger partial charge in [-0.1, -0.05) is 543 Å². The molecule has 128 heavy (non-hydrogen) atoms. The molecule has 0 atom stereocenters. The van der Waals surface area contributed by atoms with E-state index < -0.39 is 6.16 Å². The first-order valence-corrected chi connectivity index (χ1v) is 58.8. The van der Waals surface area contributed by atoms with Gasteiger partial charge in [-0.3, -0.25) is 0 Å². The average Bonchev–Trinajstić information content (AvgIpc) is 0.759. The van der Waals surface area contributed by atoms with Crippen LogP contribution >= 0.6 is 0 Å². The molecule has 0 fully saturated rings. The van der Waals surface area contributed by atoms with E-state index >= 15 is 4.79 Å². The summed E-state index contributed by atoms with van der Waals surface area (Å²) < 4.78 is 13.5. The average molecular weight is 1770 g/mol. The van der Waals surface area contributed by atoms with Crippen LogP contribution in [0.1, 0.15) is 639 Å². The Hall–Kier alpha value is -3.85. The lowest BCUT2D eigenvalue weighted by Crippen LogP contribution is -2.15. The van der Waals surface area contributed by atoms with Gasteiger partial charge in [0.05, 0.1) is 0 Å². The fourth-order valence-corrected chi connectivity index (χ4v) is 21.7. The zero-order valence-electron chi connectivity index (χ0n) is 88.0. The van der Waals surface area contributed by atoms with Crippen LogP contribution in [0, 0.1) is 0 Å². The van der Waals surface area contributed by atoms with Crippen molar-refractivity contribution < 1.29 is 14.3 Å². The Morgan fingerprint density at radius 3 is 0.438 bits per heavy atom. The number of ether oxygens (including phenoxy) is 2. The highest BCUT2D eigenvalue weighted by Gasteiger charge is 2.28. The highest BCUT2D eigenvalue weighted by molar-refractivity contribution is 5.79. The van der Waals surface area contributed by atoms with Gasteiger partial charge in [-0.2, -0.15) is 0 Å². The number of rotatable bonds is 94. The maximum atomic E-state index is 15.4. The second-order valence-corrected chi connectivity index (χ2v) is 41.3. The number of benzene rings is 4. The molecule has 0 bridgehead atoms. The minimum absolute atomic E-state index is 0.612. The van der Waals surface area contributed by atoms with Gasteiger partial charge in [0.2, 0.25) is 0 Å². The second-order valence-electron chi connectivity index (χ2n) is 41.3. The number of unbranched alkanes of at least 4 members (excludes halogenated alkanes) is 70. The summed E-state index contributed by atoms with van der Waals surface area (Å²) in [6.07, 6.45) is 119. The topological polar surface area (TPSA) is 35.5 Å². The first-order valence-electron chi connectivity index (χ1n) is 58.8. The summed E-state index contributed by atoms with van der Waals surface area (Å²) in [5.74, 6) is 1.22. The minimum atomic E-state index is -0.617. The van der Waals surface area contributed by atoms with Crippen molar-refractivity contribution in [3.63, 3.8) is 0 Å². The molecule has 0 saturated carbocycles. The van der Waals surface area contributed by atoms with Crippen LogP contribution in [0.3, 0.4) is 0 Å². The summed E-state index contributed by atoms with van der Waals surface area (Å²) in [5, 5.41) is 0. The van der Waals surface area contributed by atoms with Gasteiger partial charge in [-0.15, -0.1) is 0 Å². The van der Waals surface area contributed by atoms with E-state index in [4.69, 9.17) is 9.47 Å². The van der Waals surface area contributed by atoms with Gasteiger partial charge in [0.15, 0.2) is 0 Å². The van der Waals surface area contributed by atoms with Crippen molar-refractivity contribution in [1.82, 2.24) is 0 Å². The molecule has 0 amide bonds. The van der Waals surface area contributed by atoms with Crippen LogP contribution in [-0.4, -0.2) is 6.16 Å². The van der Waals surface area contributed by atoms with Gasteiger partial charge >= 0.3 is 6.16 Å². The van der Waals surface area contributed by atoms with Crippen LogP contribution in [0.25, 0.3) is 22.3 Å². The summed E-state index contributed by atoms with van der Waals surface area (Å²) in [6.45, 7) is 23.6. The summed E-state index contributed by atoms with van der Waals surface area (Å²) >= 11 is 0. The van der Waals surface area contributed by atoms with Gasteiger partial charge in [0, 0.05) is 0 Å². The maximum Gasteiger partial charge on any atom is 0.519 e. The Bertz CT molecular complexity index is 2820. The molecule has 0 saturated heterocycles. The highest BCUT2D eigenvalue weighted by Crippen LogP contribution is 2.45. The molecule has 0 aliphatic heterocycles. The fraction of sp³-hybridized carbons (Fsp3) is 0.800. The summed E-state index contributed by atoms with van der Waals surface area (Å²) in [5.41, 5.74) is 22.9. The third-order valence-electron chi connectivity index (χ3n) is 29.6. The molecule has 4 aromatic carbocycles. The van der Waals surface area contributed by atoms with Gasteiger partial charge in [0.25, 0.3) is 0 Å². The van der Waals surface area contributed by atoms with Crippen molar-refractivity contribution in [2.45, 2.75) is 647 Å². The Labute approximate surface area is 800 Å². The number of carbonyl (C=O) groups excluding carboxylic acids is 1. The molecular weight excluding hydrogens is 1550 g/mol. The molecule has 736 valence electrons. The molecule has 0 unspecified atom stereocenters. The third-order valence-corrected chi connectivity index (χ3v) is 29.6. The molecule has 3 heteroatoms. The lowest BCUT2D eigenvalue weighted by molar-refractivity contribution is 0.152. The van der Waals surface area contributed by atoms with E-state index in [1.165, 1.54) is 574 Å². The lowest BCUT2D eigenvalue weighted by Gasteiger charge is -2.29. The molecule has 0 spiro atoms. The van der Waals surface area contributed by atoms with Crippen LogP contribution in [0.15, 0.2) is 48.5 Å².